The van der Waals surface area contributed by atoms with Gasteiger partial charge in [-0.05, 0) is 12.1 Å². The van der Waals surface area contributed by atoms with Crippen molar-refractivity contribution in [3.8, 4) is 0 Å². The number of rotatable bonds is 2. The highest BCUT2D eigenvalue weighted by atomic mass is 19.1. The number of carbonyl (C=O) groups excluding carboxylic acids is 1. The van der Waals surface area contributed by atoms with Crippen LogP contribution < -0.4 is 5.32 Å². The van der Waals surface area contributed by atoms with Crippen molar-refractivity contribution in [2.24, 2.45) is 0 Å². The molecule has 0 atom stereocenters. The van der Waals surface area contributed by atoms with Gasteiger partial charge in [-0.1, -0.05) is 0 Å². The van der Waals surface area contributed by atoms with Crippen LogP contribution in [0.25, 0.3) is 0 Å². The highest BCUT2D eigenvalue weighted by Gasteiger charge is 2.12. The summed E-state index contributed by atoms with van der Waals surface area (Å²) in [5.41, 5.74) is -0.249. The fourth-order valence-electron chi connectivity index (χ4n) is 1.09. The van der Waals surface area contributed by atoms with Gasteiger partial charge in [-0.3, -0.25) is 9.89 Å². The second-order valence-electron chi connectivity index (χ2n) is 2.91. The molecule has 0 saturated heterocycles. The van der Waals surface area contributed by atoms with Crippen molar-refractivity contribution in [3.05, 3.63) is 42.0 Å². The van der Waals surface area contributed by atoms with Crippen molar-refractivity contribution in [1.82, 2.24) is 15.2 Å². The number of hydrogen-bond acceptors (Lipinski definition) is 3. The number of amides is 1. The summed E-state index contributed by atoms with van der Waals surface area (Å²) in [6, 6.07) is 2.76. The Bertz CT molecular complexity index is 512. The second-order valence-corrected chi connectivity index (χ2v) is 2.91. The minimum Gasteiger partial charge on any atom is -0.317 e. The van der Waals surface area contributed by atoms with Gasteiger partial charge in [0.15, 0.2) is 0 Å². The summed E-state index contributed by atoms with van der Waals surface area (Å²) < 4.78 is 25.9. The first kappa shape index (κ1) is 10.2. The lowest BCUT2D eigenvalue weighted by Gasteiger charge is -2.03. The van der Waals surface area contributed by atoms with E-state index in [1.54, 1.807) is 0 Å². The lowest BCUT2D eigenvalue weighted by atomic mass is 10.3. The highest BCUT2D eigenvalue weighted by Crippen LogP contribution is 2.15. The molecule has 0 aliphatic rings. The number of H-pyrrole nitrogens is 1. The van der Waals surface area contributed by atoms with Gasteiger partial charge in [-0.15, -0.1) is 0 Å². The SMILES string of the molecule is O=C(Nc1cc(F)ccc1F)c1ncn[nH]1. The minimum absolute atomic E-state index is 0.0799. The maximum atomic E-state index is 13.1. The number of anilines is 1. The number of benzene rings is 1. The Balaban J connectivity index is 2.21. The van der Waals surface area contributed by atoms with E-state index in [2.05, 4.69) is 20.5 Å². The van der Waals surface area contributed by atoms with E-state index in [4.69, 9.17) is 0 Å². The fraction of sp³-hybridized carbons (Fsp3) is 0. The first-order chi connectivity index (χ1) is 7.66. The molecule has 1 aromatic heterocycles. The van der Waals surface area contributed by atoms with Gasteiger partial charge in [0, 0.05) is 6.07 Å². The number of aromatic nitrogens is 3. The molecule has 0 radical (unpaired) electrons. The average molecular weight is 224 g/mol. The van der Waals surface area contributed by atoms with Crippen LogP contribution in [0.1, 0.15) is 10.6 Å². The lowest BCUT2D eigenvalue weighted by molar-refractivity contribution is 0.101. The summed E-state index contributed by atoms with van der Waals surface area (Å²) in [4.78, 5) is 15.0. The summed E-state index contributed by atoms with van der Waals surface area (Å²) in [7, 11) is 0. The molecule has 1 amide bonds. The zero-order valence-electron chi connectivity index (χ0n) is 7.87. The molecule has 5 nitrogen and oxygen atoms in total. The molecule has 1 aromatic carbocycles. The molecule has 82 valence electrons. The van der Waals surface area contributed by atoms with E-state index >= 15 is 0 Å². The fourth-order valence-corrected chi connectivity index (χ4v) is 1.09. The highest BCUT2D eigenvalue weighted by molar-refractivity contribution is 6.01. The molecular weight excluding hydrogens is 218 g/mol. The predicted octanol–water partition coefficient (Wildman–Crippen LogP) is 1.34. The van der Waals surface area contributed by atoms with Crippen molar-refractivity contribution in [2.45, 2.75) is 0 Å². The Labute approximate surface area is 88.5 Å². The normalized spacial score (nSPS) is 10.1. The van der Waals surface area contributed by atoms with Crippen molar-refractivity contribution >= 4 is 11.6 Å². The van der Waals surface area contributed by atoms with Gasteiger partial charge >= 0.3 is 0 Å². The van der Waals surface area contributed by atoms with E-state index in [1.165, 1.54) is 0 Å². The predicted molar refractivity (Wildman–Crippen MR) is 50.7 cm³/mol. The number of halogens is 2. The lowest BCUT2D eigenvalue weighted by Crippen LogP contribution is -2.14. The van der Waals surface area contributed by atoms with E-state index in [1.807, 2.05) is 0 Å². The molecule has 2 aromatic rings. The van der Waals surface area contributed by atoms with Gasteiger partial charge in [0.25, 0.3) is 5.91 Å². The van der Waals surface area contributed by atoms with Crippen molar-refractivity contribution in [1.29, 1.82) is 0 Å². The van der Waals surface area contributed by atoms with Crippen LogP contribution in [-0.2, 0) is 0 Å². The Morgan fingerprint density at radius 1 is 1.38 bits per heavy atom. The van der Waals surface area contributed by atoms with Gasteiger partial charge in [0.1, 0.15) is 18.0 Å². The second kappa shape index (κ2) is 4.05. The van der Waals surface area contributed by atoms with E-state index in [0.29, 0.717) is 0 Å². The molecule has 0 aliphatic heterocycles. The molecule has 0 fully saturated rings. The maximum Gasteiger partial charge on any atom is 0.293 e. The van der Waals surface area contributed by atoms with Gasteiger partial charge < -0.3 is 5.32 Å². The average Bonchev–Trinajstić information content (AvgIpc) is 2.76. The van der Waals surface area contributed by atoms with Gasteiger partial charge in [-0.2, -0.15) is 5.10 Å². The Hall–Kier alpha value is -2.31. The molecule has 7 heteroatoms. The number of hydrogen-bond donors (Lipinski definition) is 2. The Kier molecular flexibility index (Phi) is 2.59. The van der Waals surface area contributed by atoms with Gasteiger partial charge in [-0.25, -0.2) is 13.8 Å². The zero-order chi connectivity index (χ0) is 11.5. The maximum absolute atomic E-state index is 13.1. The minimum atomic E-state index is -0.728. The Morgan fingerprint density at radius 2 is 2.19 bits per heavy atom. The number of carbonyl (C=O) groups is 1. The molecule has 0 aliphatic carbocycles. The van der Waals surface area contributed by atoms with Crippen LogP contribution in [0.2, 0.25) is 0 Å². The summed E-state index contributed by atoms with van der Waals surface area (Å²) in [5, 5.41) is 7.93. The van der Waals surface area contributed by atoms with Crippen LogP contribution in [0, 0.1) is 11.6 Å². The molecule has 2 rings (SSSR count). The third-order valence-corrected chi connectivity index (χ3v) is 1.81. The van der Waals surface area contributed by atoms with E-state index < -0.39 is 17.5 Å². The summed E-state index contributed by atoms with van der Waals surface area (Å²) in [6.07, 6.45) is 1.14. The van der Waals surface area contributed by atoms with Crippen LogP contribution in [-0.4, -0.2) is 21.1 Å². The smallest absolute Gasteiger partial charge is 0.293 e. The molecule has 0 saturated carbocycles. The monoisotopic (exact) mass is 224 g/mol. The summed E-state index contributed by atoms with van der Waals surface area (Å²) in [5.74, 6) is -2.14. The van der Waals surface area contributed by atoms with Crippen LogP contribution in [0.5, 0.6) is 0 Å². The van der Waals surface area contributed by atoms with E-state index in [-0.39, 0.29) is 11.5 Å². The third kappa shape index (κ3) is 2.02. The third-order valence-electron chi connectivity index (χ3n) is 1.81. The van der Waals surface area contributed by atoms with Crippen molar-refractivity contribution in [3.63, 3.8) is 0 Å². The first-order valence-corrected chi connectivity index (χ1v) is 4.28. The van der Waals surface area contributed by atoms with Gasteiger partial charge in [0.2, 0.25) is 5.82 Å². The number of aromatic amines is 1. The van der Waals surface area contributed by atoms with Crippen LogP contribution in [0.15, 0.2) is 24.5 Å². The first-order valence-electron chi connectivity index (χ1n) is 4.28. The molecule has 0 bridgehead atoms. The quantitative estimate of drug-likeness (QED) is 0.808. The van der Waals surface area contributed by atoms with Crippen LogP contribution in [0.4, 0.5) is 14.5 Å². The molecule has 16 heavy (non-hydrogen) atoms. The molecule has 1 heterocycles. The topological polar surface area (TPSA) is 70.7 Å². The summed E-state index contributed by atoms with van der Waals surface area (Å²) >= 11 is 0. The van der Waals surface area contributed by atoms with E-state index in [9.17, 15) is 13.6 Å². The van der Waals surface area contributed by atoms with Gasteiger partial charge in [0.05, 0.1) is 5.69 Å². The molecule has 0 unspecified atom stereocenters. The van der Waals surface area contributed by atoms with Crippen LogP contribution in [0.3, 0.4) is 0 Å². The molecule has 2 N–H and O–H groups in total. The number of nitrogens with zero attached hydrogens (tertiary/aromatic N) is 2. The zero-order valence-corrected chi connectivity index (χ0v) is 7.87. The van der Waals surface area contributed by atoms with E-state index in [0.717, 1.165) is 24.5 Å². The number of nitrogens with one attached hydrogen (secondary N) is 2. The van der Waals surface area contributed by atoms with Crippen molar-refractivity contribution < 1.29 is 13.6 Å². The van der Waals surface area contributed by atoms with Crippen LogP contribution >= 0.6 is 0 Å². The Morgan fingerprint density at radius 3 is 2.88 bits per heavy atom. The van der Waals surface area contributed by atoms with Crippen molar-refractivity contribution in [2.75, 3.05) is 5.32 Å². The largest absolute Gasteiger partial charge is 0.317 e. The summed E-state index contributed by atoms with van der Waals surface area (Å²) in [6.45, 7) is 0. The standard InChI is InChI=1S/C9H6F2N4O/c10-5-1-2-6(11)7(3-5)14-9(16)8-12-4-13-15-8/h1-4H,(H,14,16)(H,12,13,15). The molecular formula is C9H6F2N4O. The molecule has 0 spiro atoms.